The summed E-state index contributed by atoms with van der Waals surface area (Å²) >= 11 is 0. The minimum absolute atomic E-state index is 0.0754. The molecule has 0 aromatic carbocycles. The van der Waals surface area contributed by atoms with Crippen molar-refractivity contribution in [3.05, 3.63) is 46.6 Å². The topological polar surface area (TPSA) is 104 Å². The third-order valence-electron chi connectivity index (χ3n) is 6.16. The summed E-state index contributed by atoms with van der Waals surface area (Å²) < 4.78 is 18.0. The van der Waals surface area contributed by atoms with Crippen molar-refractivity contribution >= 4 is 11.2 Å². The molecule has 1 N–H and O–H groups in total. The molecule has 10 heteroatoms. The zero-order valence-electron chi connectivity index (χ0n) is 18.7. The molecule has 5 rings (SSSR count). The molecule has 0 bridgehead atoms. The second-order valence-electron chi connectivity index (χ2n) is 8.26. The number of fused-ring (bicyclic) bond motifs is 2. The average molecular weight is 453 g/mol. The molecular weight excluding hydrogens is 424 g/mol. The zero-order valence-corrected chi connectivity index (χ0v) is 18.7. The van der Waals surface area contributed by atoms with Crippen molar-refractivity contribution < 1.29 is 14.2 Å². The molecule has 0 aliphatic carbocycles. The molecular formula is C23H28N6O4. The number of pyridine rings is 2. The Bertz CT molecular complexity index is 1180. The summed E-state index contributed by atoms with van der Waals surface area (Å²) in [6, 6.07) is 5.64. The van der Waals surface area contributed by atoms with E-state index in [1.54, 1.807) is 36.2 Å². The Hall–Kier alpha value is -3.24. The number of likely N-dealkylation sites (tertiary alicyclic amines) is 1. The molecule has 10 nitrogen and oxygen atoms in total. The lowest BCUT2D eigenvalue weighted by atomic mass is 10.0. The number of piperidine rings is 1. The first-order valence-corrected chi connectivity index (χ1v) is 11.3. The van der Waals surface area contributed by atoms with Gasteiger partial charge < -0.3 is 24.4 Å². The van der Waals surface area contributed by atoms with Gasteiger partial charge in [0.2, 0.25) is 5.88 Å². The van der Waals surface area contributed by atoms with Gasteiger partial charge in [-0.3, -0.25) is 14.3 Å². The van der Waals surface area contributed by atoms with Crippen LogP contribution in [0.5, 0.6) is 17.4 Å². The first kappa shape index (κ1) is 21.6. The number of nitrogens with zero attached hydrogens (tertiary/aromatic N) is 5. The van der Waals surface area contributed by atoms with Gasteiger partial charge >= 0.3 is 0 Å². The molecule has 5 heterocycles. The van der Waals surface area contributed by atoms with Crippen molar-refractivity contribution in [1.82, 2.24) is 29.7 Å². The fourth-order valence-electron chi connectivity index (χ4n) is 4.29. The van der Waals surface area contributed by atoms with Crippen LogP contribution in [0, 0.1) is 0 Å². The molecule has 174 valence electrons. The fraction of sp³-hybridized carbons (Fsp3) is 0.478. The van der Waals surface area contributed by atoms with Crippen LogP contribution in [0.25, 0.3) is 11.2 Å². The van der Waals surface area contributed by atoms with Crippen molar-refractivity contribution in [1.29, 1.82) is 0 Å². The molecule has 0 unspecified atom stereocenters. The molecule has 33 heavy (non-hydrogen) atoms. The van der Waals surface area contributed by atoms with E-state index in [0.717, 1.165) is 43.9 Å². The van der Waals surface area contributed by atoms with E-state index in [2.05, 4.69) is 25.2 Å². The lowest BCUT2D eigenvalue weighted by Crippen LogP contribution is -2.43. The van der Waals surface area contributed by atoms with E-state index in [4.69, 9.17) is 14.2 Å². The smallest absolute Gasteiger partial charge is 0.252 e. The van der Waals surface area contributed by atoms with Gasteiger partial charge in [-0.1, -0.05) is 0 Å². The summed E-state index contributed by atoms with van der Waals surface area (Å²) in [5, 5.41) is 3.61. The van der Waals surface area contributed by atoms with Gasteiger partial charge in [-0.15, -0.1) is 0 Å². The van der Waals surface area contributed by atoms with Gasteiger partial charge in [-0.25, -0.2) is 4.98 Å². The van der Waals surface area contributed by atoms with E-state index in [-0.39, 0.29) is 5.56 Å². The standard InChI is InChI=1S/C23H28N6O4/c1-31-21-15-26-18-2-3-22(30)29(23(18)27-21)9-8-28-6-4-16(5-7-28)24-13-17-12-19-20(14-25-17)33-11-10-32-19/h2-3,12,14-16,24H,4-11,13H2,1H3. The van der Waals surface area contributed by atoms with E-state index in [9.17, 15) is 4.79 Å². The highest BCUT2D eigenvalue weighted by Gasteiger charge is 2.20. The summed E-state index contributed by atoms with van der Waals surface area (Å²) in [5.74, 6) is 1.89. The van der Waals surface area contributed by atoms with E-state index in [0.29, 0.717) is 55.1 Å². The van der Waals surface area contributed by atoms with Gasteiger partial charge in [-0.2, -0.15) is 4.98 Å². The Morgan fingerprint density at radius 2 is 1.91 bits per heavy atom. The van der Waals surface area contributed by atoms with Gasteiger partial charge in [-0.05, 0) is 32.0 Å². The number of aromatic nitrogens is 4. The molecule has 3 aromatic heterocycles. The zero-order chi connectivity index (χ0) is 22.6. The quantitative estimate of drug-likeness (QED) is 0.567. The second-order valence-corrected chi connectivity index (χ2v) is 8.26. The Morgan fingerprint density at radius 1 is 1.09 bits per heavy atom. The fourth-order valence-corrected chi connectivity index (χ4v) is 4.29. The van der Waals surface area contributed by atoms with E-state index >= 15 is 0 Å². The maximum absolute atomic E-state index is 12.5. The minimum atomic E-state index is -0.0754. The van der Waals surface area contributed by atoms with Gasteiger partial charge in [0, 0.05) is 37.8 Å². The lowest BCUT2D eigenvalue weighted by Gasteiger charge is -2.32. The number of hydrogen-bond acceptors (Lipinski definition) is 9. The molecule has 3 aromatic rings. The van der Waals surface area contributed by atoms with Crippen molar-refractivity contribution in [3.8, 4) is 17.4 Å². The van der Waals surface area contributed by atoms with Crippen LogP contribution in [0.4, 0.5) is 0 Å². The summed E-state index contributed by atoms with van der Waals surface area (Å²) in [6.45, 7) is 5.15. The Kier molecular flexibility index (Phi) is 6.36. The van der Waals surface area contributed by atoms with Crippen LogP contribution in [0.2, 0.25) is 0 Å². The van der Waals surface area contributed by atoms with Gasteiger partial charge in [0.25, 0.3) is 5.56 Å². The molecule has 0 spiro atoms. The molecule has 1 saturated heterocycles. The molecule has 2 aliphatic heterocycles. The largest absolute Gasteiger partial charge is 0.486 e. The number of rotatable bonds is 7. The van der Waals surface area contributed by atoms with E-state index < -0.39 is 0 Å². The van der Waals surface area contributed by atoms with E-state index in [1.165, 1.54) is 0 Å². The van der Waals surface area contributed by atoms with Crippen LogP contribution in [-0.2, 0) is 13.1 Å². The average Bonchev–Trinajstić information content (AvgIpc) is 2.87. The number of hydrogen-bond donors (Lipinski definition) is 1. The summed E-state index contributed by atoms with van der Waals surface area (Å²) in [4.78, 5) is 28.1. The highest BCUT2D eigenvalue weighted by molar-refractivity contribution is 5.70. The Balaban J connectivity index is 1.13. The molecule has 0 amide bonds. The SMILES string of the molecule is COc1cnc2ccc(=O)n(CCN3CCC(NCc4cc5c(cn4)OCCO5)CC3)c2n1. The molecule has 1 fully saturated rings. The van der Waals surface area contributed by atoms with Crippen LogP contribution in [0.15, 0.2) is 35.4 Å². The first-order chi connectivity index (χ1) is 16.2. The highest BCUT2D eigenvalue weighted by Crippen LogP contribution is 2.29. The molecule has 0 saturated carbocycles. The second kappa shape index (κ2) is 9.72. The van der Waals surface area contributed by atoms with Crippen LogP contribution in [0.1, 0.15) is 18.5 Å². The van der Waals surface area contributed by atoms with Gasteiger partial charge in [0.15, 0.2) is 17.1 Å². The monoisotopic (exact) mass is 452 g/mol. The molecule has 2 aliphatic rings. The third kappa shape index (κ3) is 4.91. The maximum Gasteiger partial charge on any atom is 0.252 e. The summed E-state index contributed by atoms with van der Waals surface area (Å²) in [7, 11) is 1.54. The van der Waals surface area contributed by atoms with Crippen molar-refractivity contribution in [2.45, 2.75) is 32.0 Å². The predicted octanol–water partition coefficient (Wildman–Crippen LogP) is 1.22. The van der Waals surface area contributed by atoms with Gasteiger partial charge in [0.05, 0.1) is 25.2 Å². The minimum Gasteiger partial charge on any atom is -0.486 e. The maximum atomic E-state index is 12.5. The third-order valence-corrected chi connectivity index (χ3v) is 6.16. The molecule has 0 radical (unpaired) electrons. The van der Waals surface area contributed by atoms with Crippen molar-refractivity contribution in [2.75, 3.05) is 40.0 Å². The van der Waals surface area contributed by atoms with Crippen LogP contribution < -0.4 is 25.1 Å². The van der Waals surface area contributed by atoms with Crippen molar-refractivity contribution in [3.63, 3.8) is 0 Å². The van der Waals surface area contributed by atoms with Crippen LogP contribution in [-0.4, -0.2) is 70.4 Å². The van der Waals surface area contributed by atoms with E-state index in [1.807, 2.05) is 6.07 Å². The summed E-state index contributed by atoms with van der Waals surface area (Å²) in [6.07, 6.45) is 5.39. The number of ether oxygens (including phenoxy) is 3. The Labute approximate surface area is 191 Å². The molecule has 0 atom stereocenters. The van der Waals surface area contributed by atoms with Crippen molar-refractivity contribution in [2.24, 2.45) is 0 Å². The van der Waals surface area contributed by atoms with Crippen LogP contribution in [0.3, 0.4) is 0 Å². The number of methoxy groups -OCH3 is 1. The van der Waals surface area contributed by atoms with Gasteiger partial charge in [0.1, 0.15) is 18.7 Å². The predicted molar refractivity (Wildman–Crippen MR) is 122 cm³/mol. The highest BCUT2D eigenvalue weighted by atomic mass is 16.6. The lowest BCUT2D eigenvalue weighted by molar-refractivity contribution is 0.170. The first-order valence-electron chi connectivity index (χ1n) is 11.3. The normalized spacial score (nSPS) is 16.8. The van der Waals surface area contributed by atoms with Crippen LogP contribution >= 0.6 is 0 Å². The Morgan fingerprint density at radius 3 is 2.73 bits per heavy atom. The summed E-state index contributed by atoms with van der Waals surface area (Å²) in [5.41, 5.74) is 2.12. The number of nitrogens with one attached hydrogen (secondary N) is 1.